The van der Waals surface area contributed by atoms with Crippen molar-refractivity contribution >= 4 is 0 Å². The van der Waals surface area contributed by atoms with E-state index in [0.717, 1.165) is 17.5 Å². The topological polar surface area (TPSA) is 81.7 Å². The fraction of sp³-hybridized carbons (Fsp3) is 0.750. The number of aromatic nitrogens is 5. The third-order valence-electron chi connectivity index (χ3n) is 5.06. The fourth-order valence-electron chi connectivity index (χ4n) is 3.33. The van der Waals surface area contributed by atoms with Gasteiger partial charge < -0.3 is 9.09 Å². The van der Waals surface area contributed by atoms with Gasteiger partial charge in [0.05, 0.1) is 12.6 Å². The average molecular weight is 316 g/mol. The molecular formula is C16H24N6O. The molecule has 7 nitrogen and oxygen atoms in total. The van der Waals surface area contributed by atoms with Gasteiger partial charge in [-0.1, -0.05) is 18.0 Å². The lowest BCUT2D eigenvalue weighted by molar-refractivity contribution is 0.332. The van der Waals surface area contributed by atoms with Crippen LogP contribution in [0.5, 0.6) is 0 Å². The third-order valence-corrected chi connectivity index (χ3v) is 5.06. The van der Waals surface area contributed by atoms with E-state index in [2.05, 4.69) is 30.2 Å². The molecule has 2 saturated carbocycles. The summed E-state index contributed by atoms with van der Waals surface area (Å²) in [5.41, 5.74) is 0. The highest BCUT2D eigenvalue weighted by atomic mass is 16.5. The summed E-state index contributed by atoms with van der Waals surface area (Å²) >= 11 is 0. The third kappa shape index (κ3) is 3.02. The van der Waals surface area contributed by atoms with E-state index in [0.29, 0.717) is 24.3 Å². The molecule has 0 aliphatic heterocycles. The van der Waals surface area contributed by atoms with Gasteiger partial charge in [0.15, 0.2) is 5.82 Å². The van der Waals surface area contributed by atoms with Gasteiger partial charge in [0.2, 0.25) is 5.89 Å². The van der Waals surface area contributed by atoms with Gasteiger partial charge in [0.25, 0.3) is 0 Å². The molecule has 1 atom stereocenters. The smallest absolute Gasteiger partial charge is 0.243 e. The first-order valence-corrected chi connectivity index (χ1v) is 8.67. The predicted octanol–water partition coefficient (Wildman–Crippen LogP) is 2.58. The van der Waals surface area contributed by atoms with Crippen LogP contribution >= 0.6 is 0 Å². The predicted molar refractivity (Wildman–Crippen MR) is 83.7 cm³/mol. The fourth-order valence-corrected chi connectivity index (χ4v) is 3.33. The van der Waals surface area contributed by atoms with Crippen LogP contribution in [0.2, 0.25) is 0 Å². The molecule has 2 aliphatic rings. The maximum Gasteiger partial charge on any atom is 0.243 e. The van der Waals surface area contributed by atoms with Crippen molar-refractivity contribution in [3.05, 3.63) is 23.4 Å². The molecule has 2 heterocycles. The Labute approximate surface area is 135 Å². The van der Waals surface area contributed by atoms with Crippen molar-refractivity contribution in [2.75, 3.05) is 0 Å². The van der Waals surface area contributed by atoms with Crippen molar-refractivity contribution in [1.29, 1.82) is 0 Å². The SMILES string of the molecule is C[C@@H](NCc1nnc(C2CC2)n1C)c1nc(C2CCCC2)no1. The lowest BCUT2D eigenvalue weighted by Crippen LogP contribution is -2.20. The Morgan fingerprint density at radius 3 is 2.70 bits per heavy atom. The number of hydrogen-bond donors (Lipinski definition) is 1. The highest BCUT2D eigenvalue weighted by Gasteiger charge is 2.29. The maximum absolute atomic E-state index is 5.44. The maximum atomic E-state index is 5.44. The van der Waals surface area contributed by atoms with E-state index in [-0.39, 0.29) is 6.04 Å². The molecule has 2 aromatic rings. The minimum atomic E-state index is 0.0127. The summed E-state index contributed by atoms with van der Waals surface area (Å²) in [7, 11) is 2.04. The van der Waals surface area contributed by atoms with Crippen molar-refractivity contribution in [2.45, 2.75) is 69.9 Å². The average Bonchev–Trinajstić information content (AvgIpc) is 2.98. The molecule has 0 unspecified atom stereocenters. The molecule has 2 fully saturated rings. The van der Waals surface area contributed by atoms with Crippen LogP contribution in [0.25, 0.3) is 0 Å². The Hall–Kier alpha value is -1.76. The minimum Gasteiger partial charge on any atom is -0.338 e. The van der Waals surface area contributed by atoms with Crippen LogP contribution in [0.1, 0.15) is 86.7 Å². The molecule has 7 heteroatoms. The zero-order chi connectivity index (χ0) is 15.8. The second-order valence-electron chi connectivity index (χ2n) is 6.88. The molecule has 0 saturated heterocycles. The van der Waals surface area contributed by atoms with Crippen LogP contribution in [-0.2, 0) is 13.6 Å². The van der Waals surface area contributed by atoms with Gasteiger partial charge >= 0.3 is 0 Å². The van der Waals surface area contributed by atoms with Gasteiger partial charge in [-0.2, -0.15) is 4.98 Å². The molecule has 0 radical (unpaired) electrons. The van der Waals surface area contributed by atoms with E-state index >= 15 is 0 Å². The monoisotopic (exact) mass is 316 g/mol. The van der Waals surface area contributed by atoms with Crippen LogP contribution in [0, 0.1) is 0 Å². The first-order chi connectivity index (χ1) is 11.2. The van der Waals surface area contributed by atoms with E-state index in [1.807, 2.05) is 14.0 Å². The zero-order valence-electron chi connectivity index (χ0n) is 13.8. The Bertz CT molecular complexity index is 668. The summed E-state index contributed by atoms with van der Waals surface area (Å²) in [5, 5.41) is 16.2. The summed E-state index contributed by atoms with van der Waals surface area (Å²) in [6.07, 6.45) is 7.40. The molecule has 0 aromatic carbocycles. The Morgan fingerprint density at radius 1 is 1.17 bits per heavy atom. The largest absolute Gasteiger partial charge is 0.338 e. The minimum absolute atomic E-state index is 0.0127. The van der Waals surface area contributed by atoms with Crippen molar-refractivity contribution in [3.63, 3.8) is 0 Å². The van der Waals surface area contributed by atoms with Crippen LogP contribution < -0.4 is 5.32 Å². The quantitative estimate of drug-likeness (QED) is 0.882. The molecule has 0 bridgehead atoms. The van der Waals surface area contributed by atoms with Crippen LogP contribution in [-0.4, -0.2) is 24.9 Å². The number of rotatable bonds is 6. The Balaban J connectivity index is 1.37. The molecule has 2 aliphatic carbocycles. The van der Waals surface area contributed by atoms with E-state index in [9.17, 15) is 0 Å². The van der Waals surface area contributed by atoms with E-state index in [1.165, 1.54) is 38.5 Å². The lowest BCUT2D eigenvalue weighted by Gasteiger charge is -2.09. The van der Waals surface area contributed by atoms with E-state index < -0.39 is 0 Å². The van der Waals surface area contributed by atoms with Crippen LogP contribution in [0.15, 0.2) is 4.52 Å². The molecule has 1 N–H and O–H groups in total. The van der Waals surface area contributed by atoms with Crippen molar-refractivity contribution in [2.24, 2.45) is 7.05 Å². The lowest BCUT2D eigenvalue weighted by atomic mass is 10.1. The second-order valence-corrected chi connectivity index (χ2v) is 6.88. The van der Waals surface area contributed by atoms with Gasteiger partial charge in [-0.15, -0.1) is 10.2 Å². The summed E-state index contributed by atoms with van der Waals surface area (Å²) in [6, 6.07) is 0.0127. The number of nitrogens with one attached hydrogen (secondary N) is 1. The Morgan fingerprint density at radius 2 is 1.96 bits per heavy atom. The van der Waals surface area contributed by atoms with Crippen LogP contribution in [0.3, 0.4) is 0 Å². The zero-order valence-corrected chi connectivity index (χ0v) is 13.8. The number of nitrogens with zero attached hydrogens (tertiary/aromatic N) is 5. The first kappa shape index (κ1) is 14.8. The summed E-state index contributed by atoms with van der Waals surface area (Å²) in [5.74, 6) is 4.70. The van der Waals surface area contributed by atoms with Gasteiger partial charge in [0, 0.05) is 18.9 Å². The standard InChI is InChI=1S/C16H24N6O/c1-10(16-18-14(21-23-16)11-5-3-4-6-11)17-9-13-19-20-15(22(13)2)12-7-8-12/h10-12,17H,3-9H2,1-2H3/t10-/m1/s1. The van der Waals surface area contributed by atoms with Crippen molar-refractivity contribution < 1.29 is 4.52 Å². The molecular weight excluding hydrogens is 292 g/mol. The highest BCUT2D eigenvalue weighted by Crippen LogP contribution is 2.38. The van der Waals surface area contributed by atoms with E-state index in [1.54, 1.807) is 0 Å². The number of hydrogen-bond acceptors (Lipinski definition) is 6. The van der Waals surface area contributed by atoms with Gasteiger partial charge in [-0.05, 0) is 32.6 Å². The molecule has 0 spiro atoms. The van der Waals surface area contributed by atoms with Crippen molar-refractivity contribution in [1.82, 2.24) is 30.2 Å². The van der Waals surface area contributed by atoms with Crippen molar-refractivity contribution in [3.8, 4) is 0 Å². The van der Waals surface area contributed by atoms with Gasteiger partial charge in [-0.3, -0.25) is 5.32 Å². The summed E-state index contributed by atoms with van der Waals surface area (Å²) in [6.45, 7) is 2.70. The van der Waals surface area contributed by atoms with Gasteiger partial charge in [-0.25, -0.2) is 0 Å². The molecule has 2 aromatic heterocycles. The Kier molecular flexibility index (Phi) is 3.88. The second kappa shape index (κ2) is 6.03. The summed E-state index contributed by atoms with van der Waals surface area (Å²) in [4.78, 5) is 4.59. The molecule has 23 heavy (non-hydrogen) atoms. The van der Waals surface area contributed by atoms with Gasteiger partial charge in [0.1, 0.15) is 11.6 Å². The van der Waals surface area contributed by atoms with Crippen LogP contribution in [0.4, 0.5) is 0 Å². The molecule has 4 rings (SSSR count). The molecule has 124 valence electrons. The van der Waals surface area contributed by atoms with E-state index in [4.69, 9.17) is 4.52 Å². The summed E-state index contributed by atoms with van der Waals surface area (Å²) < 4.78 is 7.55. The molecule has 0 amide bonds. The first-order valence-electron chi connectivity index (χ1n) is 8.67. The highest BCUT2D eigenvalue weighted by molar-refractivity contribution is 5.08. The normalized spacial score (nSPS) is 20.3.